The van der Waals surface area contributed by atoms with Crippen LogP contribution < -0.4 is 4.74 Å². The van der Waals surface area contributed by atoms with Gasteiger partial charge in [0.25, 0.3) is 0 Å². The van der Waals surface area contributed by atoms with Crippen LogP contribution in [0, 0.1) is 6.92 Å². The predicted octanol–water partition coefficient (Wildman–Crippen LogP) is 1.49. The number of hydrogen-bond acceptors (Lipinski definition) is 7. The Hall–Kier alpha value is -1.99. The largest absolute Gasteiger partial charge is 0.489 e. The molecule has 1 fully saturated rings. The monoisotopic (exact) mass is 317 g/mol. The number of pyridine rings is 1. The average molecular weight is 317 g/mol. The summed E-state index contributed by atoms with van der Waals surface area (Å²) >= 11 is 0. The highest BCUT2D eigenvalue weighted by Gasteiger charge is 2.25. The number of rotatable bonds is 6. The molecule has 1 unspecified atom stereocenters. The van der Waals surface area contributed by atoms with Crippen LogP contribution in [0.3, 0.4) is 0 Å². The number of aryl methyl sites for hydroxylation is 1. The van der Waals surface area contributed by atoms with Crippen molar-refractivity contribution in [3.8, 4) is 5.75 Å². The molecule has 23 heavy (non-hydrogen) atoms. The van der Waals surface area contributed by atoms with Crippen molar-refractivity contribution in [2.45, 2.75) is 32.5 Å². The van der Waals surface area contributed by atoms with Crippen LogP contribution in [0.25, 0.3) is 0 Å². The topological polar surface area (TPSA) is 67.5 Å². The number of hydrogen-bond donors (Lipinski definition) is 0. The van der Waals surface area contributed by atoms with Crippen molar-refractivity contribution < 1.29 is 9.15 Å². The summed E-state index contributed by atoms with van der Waals surface area (Å²) in [5.74, 6) is 2.16. The molecule has 3 rings (SSSR count). The number of likely N-dealkylation sites (tertiary alicyclic amines) is 1. The van der Waals surface area contributed by atoms with Gasteiger partial charge in [0, 0.05) is 38.8 Å². The Kier molecular flexibility index (Phi) is 4.88. The lowest BCUT2D eigenvalue weighted by Gasteiger charge is -2.16. The molecule has 0 aromatic carbocycles. The van der Waals surface area contributed by atoms with Crippen LogP contribution >= 0.6 is 0 Å². The van der Waals surface area contributed by atoms with Crippen LogP contribution in [0.2, 0.25) is 0 Å². The summed E-state index contributed by atoms with van der Waals surface area (Å²) in [4.78, 5) is 8.74. The summed E-state index contributed by atoms with van der Waals surface area (Å²) in [5.41, 5.74) is 1.02. The molecule has 7 nitrogen and oxygen atoms in total. The standard InChI is InChI=1S/C16H23N5O2/c1-12-18-19-16(22-12)11-21-7-5-15(10-21)23-14-4-6-17-13(8-14)9-20(2)3/h4,6,8,15H,5,7,9-11H2,1-3H3. The zero-order valence-electron chi connectivity index (χ0n) is 13.9. The molecule has 0 spiro atoms. The number of nitrogens with zero attached hydrogens (tertiary/aromatic N) is 5. The molecule has 2 aromatic heterocycles. The highest BCUT2D eigenvalue weighted by molar-refractivity contribution is 5.23. The maximum Gasteiger partial charge on any atom is 0.230 e. The van der Waals surface area contributed by atoms with Crippen molar-refractivity contribution in [3.05, 3.63) is 35.8 Å². The molecular weight excluding hydrogens is 294 g/mol. The van der Waals surface area contributed by atoms with Gasteiger partial charge in [-0.2, -0.15) is 0 Å². The molecule has 1 saturated heterocycles. The quantitative estimate of drug-likeness (QED) is 0.799. The fraction of sp³-hybridized carbons (Fsp3) is 0.562. The van der Waals surface area contributed by atoms with Gasteiger partial charge in [0.2, 0.25) is 11.8 Å². The summed E-state index contributed by atoms with van der Waals surface area (Å²) in [6.07, 6.45) is 2.99. The van der Waals surface area contributed by atoms with E-state index in [-0.39, 0.29) is 6.10 Å². The van der Waals surface area contributed by atoms with Crippen molar-refractivity contribution in [3.63, 3.8) is 0 Å². The Morgan fingerprint density at radius 2 is 2.26 bits per heavy atom. The summed E-state index contributed by atoms with van der Waals surface area (Å²) in [6.45, 7) is 5.14. The lowest BCUT2D eigenvalue weighted by molar-refractivity contribution is 0.192. The molecule has 0 aliphatic carbocycles. The molecule has 0 radical (unpaired) electrons. The van der Waals surface area contributed by atoms with Crippen LogP contribution in [0.5, 0.6) is 5.75 Å². The van der Waals surface area contributed by atoms with E-state index in [9.17, 15) is 0 Å². The van der Waals surface area contributed by atoms with Gasteiger partial charge in [0.15, 0.2) is 0 Å². The lowest BCUT2D eigenvalue weighted by atomic mass is 10.3. The fourth-order valence-corrected chi connectivity index (χ4v) is 2.76. The first-order chi connectivity index (χ1) is 11.1. The third kappa shape index (κ3) is 4.49. The maximum atomic E-state index is 6.10. The third-order valence-corrected chi connectivity index (χ3v) is 3.72. The second-order valence-electron chi connectivity index (χ2n) is 6.20. The molecule has 1 aliphatic rings. The second kappa shape index (κ2) is 7.06. The van der Waals surface area contributed by atoms with Crippen molar-refractivity contribution in [1.29, 1.82) is 0 Å². The first-order valence-electron chi connectivity index (χ1n) is 7.86. The van der Waals surface area contributed by atoms with Crippen LogP contribution in [-0.4, -0.2) is 58.3 Å². The van der Waals surface area contributed by atoms with Gasteiger partial charge in [-0.25, -0.2) is 0 Å². The summed E-state index contributed by atoms with van der Waals surface area (Å²) in [5, 5.41) is 7.91. The van der Waals surface area contributed by atoms with Crippen molar-refractivity contribution >= 4 is 0 Å². The van der Waals surface area contributed by atoms with E-state index in [4.69, 9.17) is 9.15 Å². The zero-order chi connectivity index (χ0) is 16.2. The van der Waals surface area contributed by atoms with E-state index in [1.54, 1.807) is 6.92 Å². The Morgan fingerprint density at radius 1 is 1.39 bits per heavy atom. The van der Waals surface area contributed by atoms with Crippen LogP contribution in [0.15, 0.2) is 22.7 Å². The summed E-state index contributed by atoms with van der Waals surface area (Å²) in [6, 6.07) is 3.94. The Labute approximate surface area is 136 Å². The van der Waals surface area contributed by atoms with Crippen LogP contribution in [-0.2, 0) is 13.1 Å². The minimum absolute atomic E-state index is 0.189. The van der Waals surface area contributed by atoms with Gasteiger partial charge in [0.05, 0.1) is 12.2 Å². The Bertz CT molecular complexity index is 643. The van der Waals surface area contributed by atoms with Gasteiger partial charge in [-0.1, -0.05) is 0 Å². The normalized spacial score (nSPS) is 18.7. The SMILES string of the molecule is Cc1nnc(CN2CCC(Oc3ccnc(CN(C)C)c3)C2)o1. The average Bonchev–Trinajstić information content (AvgIpc) is 3.08. The van der Waals surface area contributed by atoms with E-state index in [2.05, 4.69) is 25.0 Å². The zero-order valence-corrected chi connectivity index (χ0v) is 13.9. The van der Waals surface area contributed by atoms with Gasteiger partial charge in [0.1, 0.15) is 11.9 Å². The minimum Gasteiger partial charge on any atom is -0.489 e. The van der Waals surface area contributed by atoms with E-state index >= 15 is 0 Å². The van der Waals surface area contributed by atoms with E-state index < -0.39 is 0 Å². The molecule has 1 aliphatic heterocycles. The van der Waals surface area contributed by atoms with E-state index in [1.807, 2.05) is 32.4 Å². The van der Waals surface area contributed by atoms with Gasteiger partial charge in [-0.15, -0.1) is 10.2 Å². The highest BCUT2D eigenvalue weighted by atomic mass is 16.5. The van der Waals surface area contributed by atoms with Gasteiger partial charge >= 0.3 is 0 Å². The molecule has 7 heteroatoms. The lowest BCUT2D eigenvalue weighted by Crippen LogP contribution is -2.24. The predicted molar refractivity (Wildman–Crippen MR) is 85.0 cm³/mol. The molecule has 0 saturated carbocycles. The van der Waals surface area contributed by atoms with Gasteiger partial charge in [-0.3, -0.25) is 9.88 Å². The Balaban J connectivity index is 1.53. The number of ether oxygens (including phenoxy) is 1. The first-order valence-corrected chi connectivity index (χ1v) is 7.86. The van der Waals surface area contributed by atoms with Crippen molar-refractivity contribution in [1.82, 2.24) is 25.0 Å². The first kappa shape index (κ1) is 15.9. The van der Waals surface area contributed by atoms with Crippen molar-refractivity contribution in [2.75, 3.05) is 27.2 Å². The third-order valence-electron chi connectivity index (χ3n) is 3.72. The molecular formula is C16H23N5O2. The second-order valence-corrected chi connectivity index (χ2v) is 6.20. The highest BCUT2D eigenvalue weighted by Crippen LogP contribution is 2.20. The van der Waals surface area contributed by atoms with Gasteiger partial charge in [-0.05, 0) is 26.6 Å². The van der Waals surface area contributed by atoms with Crippen molar-refractivity contribution in [2.24, 2.45) is 0 Å². The van der Waals surface area contributed by atoms with Crippen LogP contribution in [0.1, 0.15) is 23.9 Å². The molecule has 2 aromatic rings. The summed E-state index contributed by atoms with van der Waals surface area (Å²) in [7, 11) is 4.06. The van der Waals surface area contributed by atoms with E-state index in [0.29, 0.717) is 18.3 Å². The number of aromatic nitrogens is 3. The van der Waals surface area contributed by atoms with Gasteiger partial charge < -0.3 is 14.1 Å². The molecule has 1 atom stereocenters. The molecule has 0 amide bonds. The molecule has 0 N–H and O–H groups in total. The fourth-order valence-electron chi connectivity index (χ4n) is 2.76. The smallest absolute Gasteiger partial charge is 0.230 e. The minimum atomic E-state index is 0.189. The van der Waals surface area contributed by atoms with Crippen LogP contribution in [0.4, 0.5) is 0 Å². The Morgan fingerprint density at radius 3 is 3.00 bits per heavy atom. The summed E-state index contributed by atoms with van der Waals surface area (Å²) < 4.78 is 11.5. The molecule has 124 valence electrons. The van der Waals surface area contributed by atoms with E-state index in [0.717, 1.165) is 37.5 Å². The molecule has 0 bridgehead atoms. The molecule has 3 heterocycles. The van der Waals surface area contributed by atoms with E-state index in [1.165, 1.54) is 0 Å². The maximum absolute atomic E-state index is 6.10.